The van der Waals surface area contributed by atoms with Crippen LogP contribution in [0.25, 0.3) is 0 Å². The van der Waals surface area contributed by atoms with Crippen molar-refractivity contribution in [1.29, 1.82) is 0 Å². The van der Waals surface area contributed by atoms with Crippen molar-refractivity contribution in [3.63, 3.8) is 0 Å². The van der Waals surface area contributed by atoms with Crippen molar-refractivity contribution in [1.82, 2.24) is 0 Å². The number of hydrogen-bond donors (Lipinski definition) is 2. The summed E-state index contributed by atoms with van der Waals surface area (Å²) in [5.41, 5.74) is 0. The topological polar surface area (TPSA) is 86.6 Å². The summed E-state index contributed by atoms with van der Waals surface area (Å²) in [6.07, 6.45) is 0. The number of hydrogen-bond acceptors (Lipinski definition) is 4. The van der Waals surface area contributed by atoms with Gasteiger partial charge in [0.2, 0.25) is 0 Å². The molecule has 5 heavy (non-hydrogen) atoms. The Kier molecular flexibility index (Phi) is 1390. The van der Waals surface area contributed by atoms with Gasteiger partial charge in [-0.25, -0.2) is 0 Å². The normalized spacial score (nSPS) is 2.40. The van der Waals surface area contributed by atoms with E-state index in [1.807, 2.05) is 0 Å². The minimum absolute atomic E-state index is 0. The van der Waals surface area contributed by atoms with Gasteiger partial charge in [0.25, 0.3) is 0 Å². The monoisotopic (exact) mass is 122 g/mol. The van der Waals surface area contributed by atoms with Gasteiger partial charge in [0.1, 0.15) is 0 Å². The zero-order valence-electron chi connectivity index (χ0n) is 2.06. The molecule has 0 saturated heterocycles. The summed E-state index contributed by atoms with van der Waals surface area (Å²) >= 11 is 0. The Morgan fingerprint density at radius 2 is 0.800 bits per heavy atom. The van der Waals surface area contributed by atoms with Crippen LogP contribution in [0.2, 0.25) is 0 Å². The molecule has 34 valence electrons. The maximum absolute atomic E-state index is 7.25. The Bertz CT molecular complexity index is 3.61. The zero-order chi connectivity index (χ0) is 4.00. The molecule has 0 atom stereocenters. The first kappa shape index (κ1) is 18.3. The molecule has 0 bridgehead atoms. The Morgan fingerprint density at radius 3 is 0.800 bits per heavy atom. The molecular weight excluding hydrogens is 120 g/mol. The second-order valence-corrected chi connectivity index (χ2v) is 0. The average Bonchev–Trinajstić information content (AvgIpc) is 1.50. The molecule has 0 unspecified atom stereocenters. The minimum atomic E-state index is 0. The first-order valence-electron chi connectivity index (χ1n) is 0.365. The summed E-state index contributed by atoms with van der Waals surface area (Å²) in [5.74, 6) is 0. The van der Waals surface area contributed by atoms with Crippen LogP contribution in [0.3, 0.4) is 0 Å². The summed E-state index contributed by atoms with van der Waals surface area (Å²) in [6.45, 7) is 0. The van der Waals surface area contributed by atoms with E-state index in [0.717, 1.165) is 0 Å². The molecule has 4 nitrogen and oxygen atoms in total. The van der Waals surface area contributed by atoms with Gasteiger partial charge in [0.05, 0.1) is 0 Å². The number of rotatable bonds is 0. The van der Waals surface area contributed by atoms with Crippen LogP contribution in [-0.4, -0.2) is 10.5 Å². The van der Waals surface area contributed by atoms with Crippen LogP contribution in [0.1, 0.15) is 0 Å². The summed E-state index contributed by atoms with van der Waals surface area (Å²) in [7, 11) is 0. The van der Waals surface area contributed by atoms with E-state index in [1.54, 1.807) is 0 Å². The van der Waals surface area contributed by atoms with Crippen molar-refractivity contribution in [2.24, 2.45) is 0 Å². The van der Waals surface area contributed by atoms with Crippen LogP contribution in [-0.2, 0) is 17.1 Å². The quantitative estimate of drug-likeness (QED) is 0.213. The third kappa shape index (κ3) is 188. The molecule has 0 heterocycles. The molecule has 5 heteroatoms. The second kappa shape index (κ2) is 381. The molecule has 0 radical (unpaired) electrons. The Balaban J connectivity index is -0.0000000133. The predicted octanol–water partition coefficient (Wildman–Crippen LogP) is -2.36. The van der Waals surface area contributed by atoms with Crippen LogP contribution >= 0.6 is 0 Å². The third-order valence-corrected chi connectivity index (χ3v) is 0. The van der Waals surface area contributed by atoms with Gasteiger partial charge in [0, 0.05) is 0 Å². The molecule has 0 aliphatic carbocycles. The standard InChI is InChI=1S/Fe.2H2O2/c;2*1-2/h;2*1-2H/q+2;;/p-2. The molecular formula is H2FeO4. The van der Waals surface area contributed by atoms with Gasteiger partial charge in [-0.3, -0.25) is 0 Å². The molecule has 2 N–H and O–H groups in total. The fourth-order valence-electron chi connectivity index (χ4n) is 0. The van der Waals surface area contributed by atoms with Gasteiger partial charge in [-0.1, -0.05) is 0 Å². The van der Waals surface area contributed by atoms with Gasteiger partial charge >= 0.3 is 17.1 Å². The molecule has 0 saturated carbocycles. The van der Waals surface area contributed by atoms with Crippen LogP contribution in [0.5, 0.6) is 0 Å². The van der Waals surface area contributed by atoms with Gasteiger partial charge in [-0.05, 0) is 0 Å². The van der Waals surface area contributed by atoms with Crippen molar-refractivity contribution in [3.05, 3.63) is 0 Å². The van der Waals surface area contributed by atoms with Crippen LogP contribution in [0.4, 0.5) is 0 Å². The molecule has 0 spiro atoms. The van der Waals surface area contributed by atoms with Crippen molar-refractivity contribution in [2.75, 3.05) is 0 Å². The summed E-state index contributed by atoms with van der Waals surface area (Å²) in [5, 5.41) is 26.0. The van der Waals surface area contributed by atoms with Gasteiger partial charge in [0.15, 0.2) is 0 Å². The molecule has 0 aromatic rings. The SMILES string of the molecule is [Fe+2].[O-]O.[O-]O. The van der Waals surface area contributed by atoms with E-state index < -0.39 is 0 Å². The molecule has 0 rings (SSSR count). The molecule has 0 fully saturated rings. The van der Waals surface area contributed by atoms with E-state index in [-0.39, 0.29) is 17.1 Å². The zero-order valence-corrected chi connectivity index (χ0v) is 3.17. The molecule has 0 aromatic heterocycles. The van der Waals surface area contributed by atoms with Crippen LogP contribution in [0.15, 0.2) is 0 Å². The van der Waals surface area contributed by atoms with Crippen molar-refractivity contribution >= 4 is 0 Å². The summed E-state index contributed by atoms with van der Waals surface area (Å²) in [6, 6.07) is 0. The van der Waals surface area contributed by atoms with Gasteiger partial charge in [-0.2, -0.15) is 0 Å². The summed E-state index contributed by atoms with van der Waals surface area (Å²) in [4.78, 5) is 0. The van der Waals surface area contributed by atoms with E-state index in [1.165, 1.54) is 0 Å². The largest absolute Gasteiger partial charge is 2.00 e. The Morgan fingerprint density at radius 1 is 0.800 bits per heavy atom. The van der Waals surface area contributed by atoms with E-state index in [0.29, 0.717) is 0 Å². The fraction of sp³-hybridized carbons (Fsp3) is 0. The summed E-state index contributed by atoms with van der Waals surface area (Å²) < 4.78 is 0. The fourth-order valence-corrected chi connectivity index (χ4v) is 0. The van der Waals surface area contributed by atoms with Crippen molar-refractivity contribution < 1.29 is 38.1 Å². The second-order valence-electron chi connectivity index (χ2n) is 0. The Labute approximate surface area is 39.0 Å². The average molecular weight is 122 g/mol. The van der Waals surface area contributed by atoms with E-state index in [9.17, 15) is 0 Å². The van der Waals surface area contributed by atoms with Crippen molar-refractivity contribution in [3.8, 4) is 0 Å². The first-order valence-corrected chi connectivity index (χ1v) is 0.365. The molecule has 0 aromatic carbocycles. The van der Waals surface area contributed by atoms with Gasteiger partial charge < -0.3 is 21.0 Å². The van der Waals surface area contributed by atoms with Gasteiger partial charge in [-0.15, -0.1) is 0 Å². The van der Waals surface area contributed by atoms with E-state index >= 15 is 0 Å². The Hall–Kier alpha value is 0.359. The predicted molar refractivity (Wildman–Crippen MR) is 5.26 cm³/mol. The molecule has 0 aliphatic rings. The minimum Gasteiger partial charge on any atom is -0.727 e. The van der Waals surface area contributed by atoms with Crippen molar-refractivity contribution in [2.45, 2.75) is 0 Å². The van der Waals surface area contributed by atoms with Crippen LogP contribution in [0, 0.1) is 0 Å². The molecule has 0 amide bonds. The van der Waals surface area contributed by atoms with E-state index in [4.69, 9.17) is 21.0 Å². The molecule has 0 aliphatic heterocycles. The van der Waals surface area contributed by atoms with E-state index in [2.05, 4.69) is 0 Å². The first-order chi connectivity index (χ1) is 2.00. The van der Waals surface area contributed by atoms with Crippen LogP contribution < -0.4 is 10.5 Å². The smallest absolute Gasteiger partial charge is 0.727 e. The third-order valence-electron chi connectivity index (χ3n) is 0. The maximum Gasteiger partial charge on any atom is 2.00 e. The maximum atomic E-state index is 7.25.